The van der Waals surface area contributed by atoms with Gasteiger partial charge >= 0.3 is 0 Å². The van der Waals surface area contributed by atoms with Crippen LogP contribution in [0.4, 0.5) is 0 Å². The standard InChI is InChI=1S/C29H50O/c1-18(2)21(5)19(3)16-20(4)25-10-11-26-24-9-8-22-17-23(30)12-14-28(22,6)27(24)13-15-29(25,26)7/h16,18,20-27,30H,8-15,17H2,1-7H3/b19-16+/t20?,21?,22-,23-,24-,25+,26-,27-,28-,29+/m0/s1. The Balaban J connectivity index is 1.52. The molecule has 0 amide bonds. The number of allylic oxidation sites excluding steroid dienone is 2. The summed E-state index contributed by atoms with van der Waals surface area (Å²) in [5.41, 5.74) is 2.68. The van der Waals surface area contributed by atoms with Gasteiger partial charge < -0.3 is 5.11 Å². The summed E-state index contributed by atoms with van der Waals surface area (Å²) in [5, 5.41) is 10.3. The lowest BCUT2D eigenvalue weighted by Crippen LogP contribution is -2.54. The van der Waals surface area contributed by atoms with Gasteiger partial charge in [0.1, 0.15) is 0 Å². The molecule has 4 aliphatic carbocycles. The number of rotatable bonds is 4. The first kappa shape index (κ1) is 22.9. The van der Waals surface area contributed by atoms with E-state index >= 15 is 0 Å². The van der Waals surface area contributed by atoms with Crippen LogP contribution in [0, 0.1) is 58.2 Å². The van der Waals surface area contributed by atoms with Gasteiger partial charge in [-0.3, -0.25) is 0 Å². The normalized spacial score (nSPS) is 48.6. The molecule has 172 valence electrons. The van der Waals surface area contributed by atoms with E-state index in [0.717, 1.165) is 54.3 Å². The molecule has 0 aromatic heterocycles. The van der Waals surface area contributed by atoms with Crippen molar-refractivity contribution in [3.8, 4) is 0 Å². The third-order valence-electron chi connectivity index (χ3n) is 11.6. The van der Waals surface area contributed by atoms with Gasteiger partial charge in [-0.15, -0.1) is 0 Å². The number of aliphatic hydroxyl groups is 1. The van der Waals surface area contributed by atoms with E-state index in [1.165, 1.54) is 44.9 Å². The van der Waals surface area contributed by atoms with Crippen molar-refractivity contribution in [2.45, 2.75) is 112 Å². The van der Waals surface area contributed by atoms with Crippen LogP contribution in [0.3, 0.4) is 0 Å². The Kier molecular flexibility index (Phi) is 6.28. The summed E-state index contributed by atoms with van der Waals surface area (Å²) < 4.78 is 0. The average molecular weight is 415 g/mol. The maximum absolute atomic E-state index is 10.3. The lowest BCUT2D eigenvalue weighted by Gasteiger charge is -2.61. The van der Waals surface area contributed by atoms with Crippen LogP contribution in [0.2, 0.25) is 0 Å². The highest BCUT2D eigenvalue weighted by Gasteiger charge is 2.60. The SMILES string of the molecule is C/C(=C\C(C)[C@H]1CC[C@H]2[C@@H]3CC[C@H]4C[C@@H](O)CC[C@]4(C)[C@H]3CC[C@]12C)C(C)C(C)C. The molecule has 10 atom stereocenters. The highest BCUT2D eigenvalue weighted by Crippen LogP contribution is 2.68. The van der Waals surface area contributed by atoms with Gasteiger partial charge in [0.25, 0.3) is 0 Å². The molecule has 0 aromatic carbocycles. The van der Waals surface area contributed by atoms with Crippen LogP contribution in [0.5, 0.6) is 0 Å². The van der Waals surface area contributed by atoms with E-state index in [9.17, 15) is 5.11 Å². The maximum Gasteiger partial charge on any atom is 0.0543 e. The van der Waals surface area contributed by atoms with Gasteiger partial charge in [0, 0.05) is 0 Å². The van der Waals surface area contributed by atoms with Gasteiger partial charge in [-0.2, -0.15) is 0 Å². The molecule has 1 N–H and O–H groups in total. The summed E-state index contributed by atoms with van der Waals surface area (Å²) in [7, 11) is 0. The molecule has 0 saturated heterocycles. The Labute approximate surface area is 187 Å². The topological polar surface area (TPSA) is 20.2 Å². The minimum absolute atomic E-state index is 0.0200. The minimum atomic E-state index is -0.0200. The lowest BCUT2D eigenvalue weighted by molar-refractivity contribution is -0.128. The molecule has 0 bridgehead atoms. The Morgan fingerprint density at radius 2 is 1.53 bits per heavy atom. The van der Waals surface area contributed by atoms with Gasteiger partial charge in [-0.1, -0.05) is 53.2 Å². The molecular formula is C29H50O. The minimum Gasteiger partial charge on any atom is -0.393 e. The fourth-order valence-corrected chi connectivity index (χ4v) is 9.35. The zero-order valence-corrected chi connectivity index (χ0v) is 21.1. The predicted octanol–water partition coefficient (Wildman–Crippen LogP) is 7.88. The largest absolute Gasteiger partial charge is 0.393 e. The van der Waals surface area contributed by atoms with Crippen molar-refractivity contribution in [1.29, 1.82) is 0 Å². The molecule has 4 fully saturated rings. The first-order chi connectivity index (χ1) is 14.1. The van der Waals surface area contributed by atoms with Crippen LogP contribution in [0.15, 0.2) is 11.6 Å². The third-order valence-corrected chi connectivity index (χ3v) is 11.6. The molecule has 0 heterocycles. The molecule has 4 saturated carbocycles. The molecule has 4 rings (SSSR count). The van der Waals surface area contributed by atoms with Crippen molar-refractivity contribution in [2.75, 3.05) is 0 Å². The smallest absolute Gasteiger partial charge is 0.0543 e. The van der Waals surface area contributed by atoms with E-state index in [0.29, 0.717) is 16.7 Å². The quantitative estimate of drug-likeness (QED) is 0.464. The molecular weight excluding hydrogens is 364 g/mol. The zero-order valence-electron chi connectivity index (χ0n) is 21.1. The molecule has 1 heteroatoms. The Bertz CT molecular complexity index is 649. The number of hydrogen-bond acceptors (Lipinski definition) is 1. The van der Waals surface area contributed by atoms with Crippen LogP contribution in [-0.4, -0.2) is 11.2 Å². The third kappa shape index (κ3) is 3.64. The summed E-state index contributed by atoms with van der Waals surface area (Å²) in [6.45, 7) is 17.4. The van der Waals surface area contributed by atoms with E-state index in [1.54, 1.807) is 5.57 Å². The Hall–Kier alpha value is -0.300. The molecule has 0 radical (unpaired) electrons. The second-order valence-electron chi connectivity index (χ2n) is 13.1. The van der Waals surface area contributed by atoms with E-state index in [-0.39, 0.29) is 6.10 Å². The Morgan fingerprint density at radius 1 is 0.867 bits per heavy atom. The van der Waals surface area contributed by atoms with Crippen molar-refractivity contribution >= 4 is 0 Å². The van der Waals surface area contributed by atoms with Crippen molar-refractivity contribution < 1.29 is 5.11 Å². The van der Waals surface area contributed by atoms with Crippen molar-refractivity contribution in [2.24, 2.45) is 58.2 Å². The monoisotopic (exact) mass is 414 g/mol. The number of hydrogen-bond donors (Lipinski definition) is 1. The zero-order chi connectivity index (χ0) is 21.8. The van der Waals surface area contributed by atoms with Crippen LogP contribution < -0.4 is 0 Å². The van der Waals surface area contributed by atoms with Crippen molar-refractivity contribution in [3.63, 3.8) is 0 Å². The second-order valence-corrected chi connectivity index (χ2v) is 13.1. The summed E-state index contributed by atoms with van der Waals surface area (Å²) in [6.07, 6.45) is 14.7. The highest BCUT2D eigenvalue weighted by molar-refractivity contribution is 5.13. The van der Waals surface area contributed by atoms with Gasteiger partial charge in [-0.25, -0.2) is 0 Å². The van der Waals surface area contributed by atoms with Crippen LogP contribution >= 0.6 is 0 Å². The van der Waals surface area contributed by atoms with Gasteiger partial charge in [0.2, 0.25) is 0 Å². The summed E-state index contributed by atoms with van der Waals surface area (Å²) >= 11 is 0. The predicted molar refractivity (Wildman–Crippen MR) is 128 cm³/mol. The molecule has 30 heavy (non-hydrogen) atoms. The Morgan fingerprint density at radius 3 is 2.23 bits per heavy atom. The first-order valence-corrected chi connectivity index (χ1v) is 13.4. The second kappa shape index (κ2) is 8.24. The molecule has 0 aliphatic heterocycles. The van der Waals surface area contributed by atoms with E-state index < -0.39 is 0 Å². The van der Waals surface area contributed by atoms with Gasteiger partial charge in [0.15, 0.2) is 0 Å². The molecule has 0 aromatic rings. The lowest BCUT2D eigenvalue weighted by atomic mass is 9.44. The fourth-order valence-electron chi connectivity index (χ4n) is 9.35. The van der Waals surface area contributed by atoms with Crippen molar-refractivity contribution in [1.82, 2.24) is 0 Å². The van der Waals surface area contributed by atoms with Gasteiger partial charge in [0.05, 0.1) is 6.10 Å². The van der Waals surface area contributed by atoms with Crippen molar-refractivity contribution in [3.05, 3.63) is 11.6 Å². The van der Waals surface area contributed by atoms with Crippen LogP contribution in [-0.2, 0) is 0 Å². The molecule has 1 nitrogen and oxygen atoms in total. The van der Waals surface area contributed by atoms with Crippen LogP contribution in [0.25, 0.3) is 0 Å². The first-order valence-electron chi connectivity index (χ1n) is 13.4. The number of fused-ring (bicyclic) bond motifs is 5. The highest BCUT2D eigenvalue weighted by atomic mass is 16.3. The summed E-state index contributed by atoms with van der Waals surface area (Å²) in [6, 6.07) is 0. The fraction of sp³-hybridized carbons (Fsp3) is 0.931. The van der Waals surface area contributed by atoms with Crippen LogP contribution in [0.1, 0.15) is 106 Å². The van der Waals surface area contributed by atoms with E-state index in [4.69, 9.17) is 0 Å². The maximum atomic E-state index is 10.3. The summed E-state index contributed by atoms with van der Waals surface area (Å²) in [5.74, 6) is 6.64. The summed E-state index contributed by atoms with van der Waals surface area (Å²) in [4.78, 5) is 0. The average Bonchev–Trinajstić information content (AvgIpc) is 3.05. The molecule has 0 spiro atoms. The number of aliphatic hydroxyl groups excluding tert-OH is 1. The van der Waals surface area contributed by atoms with E-state index in [1.807, 2.05) is 0 Å². The molecule has 2 unspecified atom stereocenters. The van der Waals surface area contributed by atoms with Gasteiger partial charge in [-0.05, 0) is 123 Å². The molecule has 4 aliphatic rings. The van der Waals surface area contributed by atoms with E-state index in [2.05, 4.69) is 54.5 Å².